The van der Waals surface area contributed by atoms with Crippen molar-refractivity contribution in [2.75, 3.05) is 0 Å². The largest absolute Gasteiger partial charge is 0.393 e. The molecule has 1 N–H and O–H groups in total. The van der Waals surface area contributed by atoms with E-state index in [9.17, 15) is 5.11 Å². The van der Waals surface area contributed by atoms with Crippen LogP contribution in [0.3, 0.4) is 0 Å². The van der Waals surface area contributed by atoms with Crippen LogP contribution in [0.2, 0.25) is 0 Å². The Morgan fingerprint density at radius 1 is 1.40 bits per heavy atom. The third-order valence-corrected chi connectivity index (χ3v) is 2.66. The number of aliphatic hydroxyl groups is 1. The van der Waals surface area contributed by atoms with E-state index in [-0.39, 0.29) is 6.10 Å². The second-order valence-electron chi connectivity index (χ2n) is 4.00. The fourth-order valence-corrected chi connectivity index (χ4v) is 1.69. The maximum absolute atomic E-state index is 9.82. The summed E-state index contributed by atoms with van der Waals surface area (Å²) in [7, 11) is 0. The first-order valence-corrected chi connectivity index (χ1v) is 5.57. The lowest BCUT2D eigenvalue weighted by Gasteiger charge is -2.11. The van der Waals surface area contributed by atoms with E-state index >= 15 is 0 Å². The van der Waals surface area contributed by atoms with E-state index in [0.29, 0.717) is 0 Å². The van der Waals surface area contributed by atoms with Crippen LogP contribution in [0.5, 0.6) is 0 Å². The first kappa shape index (κ1) is 12.0. The van der Waals surface area contributed by atoms with Crippen LogP contribution in [-0.2, 0) is 6.42 Å². The van der Waals surface area contributed by atoms with Gasteiger partial charge in [-0.25, -0.2) is 0 Å². The van der Waals surface area contributed by atoms with Crippen LogP contribution in [0.25, 0.3) is 0 Å². The van der Waals surface area contributed by atoms with Crippen molar-refractivity contribution in [3.8, 4) is 0 Å². The number of aryl methyl sites for hydroxylation is 1. The summed E-state index contributed by atoms with van der Waals surface area (Å²) < 4.78 is 0. The van der Waals surface area contributed by atoms with E-state index in [4.69, 9.17) is 0 Å². The van der Waals surface area contributed by atoms with E-state index in [1.165, 1.54) is 11.1 Å². The van der Waals surface area contributed by atoms with Gasteiger partial charge in [0, 0.05) is 0 Å². The van der Waals surface area contributed by atoms with Crippen molar-refractivity contribution in [1.82, 2.24) is 0 Å². The van der Waals surface area contributed by atoms with Gasteiger partial charge in [0.05, 0.1) is 6.10 Å². The number of hydrogen-bond acceptors (Lipinski definition) is 1. The van der Waals surface area contributed by atoms with Gasteiger partial charge in [-0.2, -0.15) is 0 Å². The molecular weight excluding hydrogens is 184 g/mol. The number of benzene rings is 1. The summed E-state index contributed by atoms with van der Waals surface area (Å²) in [5, 5.41) is 9.82. The summed E-state index contributed by atoms with van der Waals surface area (Å²) in [6.45, 7) is 5.76. The molecule has 0 aromatic heterocycles. The topological polar surface area (TPSA) is 20.2 Å². The molecule has 0 aliphatic heterocycles. The summed E-state index contributed by atoms with van der Waals surface area (Å²) in [5.41, 5.74) is 2.52. The summed E-state index contributed by atoms with van der Waals surface area (Å²) in [5.74, 6) is 0. The van der Waals surface area contributed by atoms with Gasteiger partial charge in [-0.3, -0.25) is 0 Å². The average Bonchev–Trinajstić information content (AvgIpc) is 2.22. The van der Waals surface area contributed by atoms with Crippen LogP contribution >= 0.6 is 0 Å². The van der Waals surface area contributed by atoms with Crippen LogP contribution in [-0.4, -0.2) is 11.2 Å². The van der Waals surface area contributed by atoms with E-state index in [1.54, 1.807) is 0 Å². The number of allylic oxidation sites excluding steroid dienone is 1. The van der Waals surface area contributed by atoms with Crippen molar-refractivity contribution >= 4 is 0 Å². The Labute approximate surface area is 92.5 Å². The number of hydrogen-bond donors (Lipinski definition) is 1. The second-order valence-corrected chi connectivity index (χ2v) is 4.00. The molecular formula is C14H20O. The molecule has 0 amide bonds. The smallest absolute Gasteiger partial charge is 0.0580 e. The molecule has 1 unspecified atom stereocenters. The first-order valence-electron chi connectivity index (χ1n) is 5.57. The molecule has 0 saturated carbocycles. The van der Waals surface area contributed by atoms with Crippen molar-refractivity contribution < 1.29 is 5.11 Å². The molecule has 0 saturated heterocycles. The molecule has 1 nitrogen and oxygen atoms in total. The Morgan fingerprint density at radius 2 is 2.13 bits per heavy atom. The van der Waals surface area contributed by atoms with Gasteiger partial charge >= 0.3 is 0 Å². The van der Waals surface area contributed by atoms with Crippen molar-refractivity contribution in [3.05, 3.63) is 48.0 Å². The maximum atomic E-state index is 9.82. The Balaban J connectivity index is 2.40. The monoisotopic (exact) mass is 204 g/mol. The first-order chi connectivity index (χ1) is 7.24. The van der Waals surface area contributed by atoms with Gasteiger partial charge in [-0.15, -0.1) is 6.58 Å². The lowest BCUT2D eigenvalue weighted by molar-refractivity contribution is 0.162. The molecule has 1 rings (SSSR count). The van der Waals surface area contributed by atoms with Crippen LogP contribution < -0.4 is 0 Å². The Bertz CT molecular complexity index is 304. The molecule has 0 fully saturated rings. The lowest BCUT2D eigenvalue weighted by Crippen LogP contribution is -2.10. The third-order valence-electron chi connectivity index (χ3n) is 2.66. The van der Waals surface area contributed by atoms with Crippen molar-refractivity contribution in [2.24, 2.45) is 0 Å². The molecule has 0 aliphatic rings. The van der Waals surface area contributed by atoms with Gasteiger partial charge in [0.15, 0.2) is 0 Å². The Kier molecular flexibility index (Phi) is 5.13. The highest BCUT2D eigenvalue weighted by Gasteiger charge is 2.06. The predicted octanol–water partition coefficient (Wildman–Crippen LogP) is 3.25. The molecule has 0 bridgehead atoms. The molecule has 0 radical (unpaired) electrons. The normalized spacial score (nSPS) is 12.4. The lowest BCUT2D eigenvalue weighted by atomic mass is 10.00. The molecule has 1 heteroatoms. The van der Waals surface area contributed by atoms with Gasteiger partial charge < -0.3 is 5.11 Å². The van der Waals surface area contributed by atoms with Crippen LogP contribution in [0.1, 0.15) is 30.4 Å². The molecule has 82 valence electrons. The summed E-state index contributed by atoms with van der Waals surface area (Å²) in [6, 6.07) is 8.24. The minimum atomic E-state index is -0.217. The number of rotatable bonds is 6. The SMILES string of the molecule is C=CCCCC(O)Cc1ccccc1C. The molecule has 1 atom stereocenters. The minimum Gasteiger partial charge on any atom is -0.393 e. The summed E-state index contributed by atoms with van der Waals surface area (Å²) in [6.07, 6.45) is 5.33. The van der Waals surface area contributed by atoms with Crippen molar-refractivity contribution in [3.63, 3.8) is 0 Å². The summed E-state index contributed by atoms with van der Waals surface area (Å²) >= 11 is 0. The Hall–Kier alpha value is -1.08. The predicted molar refractivity (Wildman–Crippen MR) is 64.9 cm³/mol. The quantitative estimate of drug-likeness (QED) is 0.557. The van der Waals surface area contributed by atoms with Gasteiger partial charge in [0.2, 0.25) is 0 Å². The average molecular weight is 204 g/mol. The zero-order chi connectivity index (χ0) is 11.1. The highest BCUT2D eigenvalue weighted by Crippen LogP contribution is 2.12. The minimum absolute atomic E-state index is 0.217. The maximum Gasteiger partial charge on any atom is 0.0580 e. The third kappa shape index (κ3) is 4.30. The molecule has 15 heavy (non-hydrogen) atoms. The van der Waals surface area contributed by atoms with Gasteiger partial charge in [-0.1, -0.05) is 30.3 Å². The van der Waals surface area contributed by atoms with Crippen LogP contribution in [0.4, 0.5) is 0 Å². The fraction of sp³-hybridized carbons (Fsp3) is 0.429. The van der Waals surface area contributed by atoms with E-state index in [2.05, 4.69) is 25.6 Å². The zero-order valence-corrected chi connectivity index (χ0v) is 9.45. The van der Waals surface area contributed by atoms with Gasteiger partial charge in [0.25, 0.3) is 0 Å². The van der Waals surface area contributed by atoms with Crippen LogP contribution in [0.15, 0.2) is 36.9 Å². The highest BCUT2D eigenvalue weighted by atomic mass is 16.3. The van der Waals surface area contributed by atoms with Gasteiger partial charge in [0.1, 0.15) is 0 Å². The van der Waals surface area contributed by atoms with E-state index < -0.39 is 0 Å². The van der Waals surface area contributed by atoms with Crippen molar-refractivity contribution in [2.45, 2.75) is 38.7 Å². The summed E-state index contributed by atoms with van der Waals surface area (Å²) in [4.78, 5) is 0. The van der Waals surface area contributed by atoms with E-state index in [0.717, 1.165) is 25.7 Å². The molecule has 0 spiro atoms. The molecule has 1 aromatic rings. The second kappa shape index (κ2) is 6.41. The van der Waals surface area contributed by atoms with Crippen molar-refractivity contribution in [1.29, 1.82) is 0 Å². The number of unbranched alkanes of at least 4 members (excludes halogenated alkanes) is 1. The van der Waals surface area contributed by atoms with E-state index in [1.807, 2.05) is 18.2 Å². The molecule has 0 aliphatic carbocycles. The standard InChI is InChI=1S/C14H20O/c1-3-4-5-10-14(15)11-13-9-7-6-8-12(13)2/h3,6-9,14-15H,1,4-5,10-11H2,2H3. The number of aliphatic hydroxyl groups excluding tert-OH is 1. The van der Waals surface area contributed by atoms with Gasteiger partial charge in [-0.05, 0) is 43.7 Å². The molecule has 0 heterocycles. The van der Waals surface area contributed by atoms with Crippen LogP contribution in [0, 0.1) is 6.92 Å². The molecule has 1 aromatic carbocycles. The fourth-order valence-electron chi connectivity index (χ4n) is 1.69. The Morgan fingerprint density at radius 3 is 2.80 bits per heavy atom. The zero-order valence-electron chi connectivity index (χ0n) is 9.45. The highest BCUT2D eigenvalue weighted by molar-refractivity contribution is 5.26.